The first kappa shape index (κ1) is 25.9. The summed E-state index contributed by atoms with van der Waals surface area (Å²) in [6.45, 7) is 9.77. The summed E-state index contributed by atoms with van der Waals surface area (Å²) in [7, 11) is 2.18. The van der Waals surface area contributed by atoms with Gasteiger partial charge in [0, 0.05) is 73.3 Å². The molecule has 2 saturated carbocycles. The number of nitrogens with one attached hydrogen (secondary N) is 1. The minimum Gasteiger partial charge on any atom is -0.402 e. The highest BCUT2D eigenvalue weighted by Crippen LogP contribution is 2.60. The fraction of sp³-hybridized carbons (Fsp3) is 0.720. The predicted octanol–water partition coefficient (Wildman–Crippen LogP) is 4.22. The molecule has 1 aromatic rings. The van der Waals surface area contributed by atoms with Crippen LogP contribution in [-0.2, 0) is 0 Å². The number of rotatable bonds is 8. The average Bonchev–Trinajstić information content (AvgIpc) is 3.26. The number of fused-ring (bicyclic) bond motifs is 1. The molecule has 0 aromatic carbocycles. The van der Waals surface area contributed by atoms with Crippen LogP contribution in [-0.4, -0.2) is 77.4 Å². The van der Waals surface area contributed by atoms with Gasteiger partial charge in [0.2, 0.25) is 0 Å². The zero-order valence-corrected chi connectivity index (χ0v) is 21.0. The number of nitrogens with two attached hydrogens (primary N) is 1. The number of alkyl halides is 3. The summed E-state index contributed by atoms with van der Waals surface area (Å²) in [5, 5.41) is 8.62. The monoisotopic (exact) mass is 494 g/mol. The molecule has 1 saturated heterocycles. The summed E-state index contributed by atoms with van der Waals surface area (Å²) in [5.41, 5.74) is 7.01. The van der Waals surface area contributed by atoms with Crippen molar-refractivity contribution < 1.29 is 17.9 Å². The molecule has 194 valence electrons. The molecule has 1 aromatic heterocycles. The highest BCUT2D eigenvalue weighted by atomic mass is 19.4. The van der Waals surface area contributed by atoms with Crippen molar-refractivity contribution in [3.05, 3.63) is 17.8 Å². The van der Waals surface area contributed by atoms with Crippen molar-refractivity contribution >= 4 is 17.2 Å². The first-order valence-corrected chi connectivity index (χ1v) is 12.6. The van der Waals surface area contributed by atoms with Crippen molar-refractivity contribution in [2.75, 3.05) is 32.4 Å². The van der Waals surface area contributed by atoms with Crippen molar-refractivity contribution in [2.24, 2.45) is 22.7 Å². The fourth-order valence-corrected chi connectivity index (χ4v) is 6.01. The van der Waals surface area contributed by atoms with Gasteiger partial charge in [-0.15, -0.1) is 13.2 Å². The first-order valence-electron chi connectivity index (χ1n) is 12.6. The van der Waals surface area contributed by atoms with Gasteiger partial charge in [0.25, 0.3) is 0 Å². The number of nitrogen functional groups attached to an aromatic ring is 1. The Morgan fingerprint density at radius 1 is 1.31 bits per heavy atom. The summed E-state index contributed by atoms with van der Waals surface area (Å²) >= 11 is 0. The van der Waals surface area contributed by atoms with E-state index in [0.717, 1.165) is 50.7 Å². The standard InChI is InChI=1S/C25H37F3N6O/c1-5-14(2)32-21(11-20(29)16-8-22(24(30)31-12-16)35-25(26,27)28)23-18-9-17(10-19(18)23)34-7-6-33(4)13-15(34)3/h8,12,14-15,17-19,23,29H,5-7,9-11,13H2,1-4H3,(H2,30,31). The van der Waals surface area contributed by atoms with Gasteiger partial charge in [-0.05, 0) is 58.1 Å². The minimum atomic E-state index is -4.87. The Kier molecular flexibility index (Phi) is 7.43. The second-order valence-corrected chi connectivity index (χ2v) is 10.5. The molecular formula is C25H37F3N6O. The molecule has 35 heavy (non-hydrogen) atoms. The van der Waals surface area contributed by atoms with E-state index in [9.17, 15) is 13.2 Å². The molecule has 0 spiro atoms. The van der Waals surface area contributed by atoms with Crippen LogP contribution in [0.5, 0.6) is 5.75 Å². The third-order valence-electron chi connectivity index (χ3n) is 7.95. The molecule has 0 radical (unpaired) electrons. The van der Waals surface area contributed by atoms with Gasteiger partial charge in [0.1, 0.15) is 0 Å². The molecule has 0 bridgehead atoms. The van der Waals surface area contributed by atoms with E-state index in [4.69, 9.17) is 16.1 Å². The van der Waals surface area contributed by atoms with Crippen LogP contribution in [0.15, 0.2) is 17.3 Å². The number of pyridine rings is 1. The lowest BCUT2D eigenvalue weighted by molar-refractivity contribution is -0.274. The van der Waals surface area contributed by atoms with E-state index >= 15 is 0 Å². The summed E-state index contributed by atoms with van der Waals surface area (Å²) in [5.74, 6) is 0.587. The number of hydrogen-bond donors (Lipinski definition) is 2. The number of anilines is 1. The second-order valence-electron chi connectivity index (χ2n) is 10.5. The lowest BCUT2D eigenvalue weighted by Crippen LogP contribution is -2.54. The maximum atomic E-state index is 12.7. The number of nitrogens with zero attached hydrogens (tertiary/aromatic N) is 4. The molecule has 4 rings (SSSR count). The van der Waals surface area contributed by atoms with E-state index in [0.29, 0.717) is 36.3 Å². The van der Waals surface area contributed by atoms with Crippen LogP contribution in [0.25, 0.3) is 0 Å². The largest absolute Gasteiger partial charge is 0.573 e. The highest BCUT2D eigenvalue weighted by molar-refractivity contribution is 6.12. The Hall–Kier alpha value is -2.20. The van der Waals surface area contributed by atoms with E-state index in [-0.39, 0.29) is 23.1 Å². The Labute approximate surface area is 205 Å². The topological polar surface area (TPSA) is 90.8 Å². The van der Waals surface area contributed by atoms with Crippen LogP contribution < -0.4 is 10.5 Å². The van der Waals surface area contributed by atoms with E-state index in [1.807, 2.05) is 0 Å². The molecule has 3 aliphatic rings. The van der Waals surface area contributed by atoms with Crippen LogP contribution >= 0.6 is 0 Å². The van der Waals surface area contributed by atoms with Gasteiger partial charge in [-0.2, -0.15) is 0 Å². The predicted molar refractivity (Wildman–Crippen MR) is 131 cm³/mol. The van der Waals surface area contributed by atoms with Crippen molar-refractivity contribution in [3.8, 4) is 5.75 Å². The SMILES string of the molecule is CCC(C)N=C(CC(=N)c1cnc(N)c(OC(F)(F)F)c1)C1C2CC(N3CCN(C)CC3C)CC21. The minimum absolute atomic E-state index is 0.140. The van der Waals surface area contributed by atoms with E-state index in [1.54, 1.807) is 0 Å². The van der Waals surface area contributed by atoms with Gasteiger partial charge in [-0.25, -0.2) is 4.98 Å². The van der Waals surface area contributed by atoms with Crippen molar-refractivity contribution in [1.82, 2.24) is 14.8 Å². The quantitative estimate of drug-likeness (QED) is 0.528. The van der Waals surface area contributed by atoms with Crippen LogP contribution in [0.2, 0.25) is 0 Å². The highest BCUT2D eigenvalue weighted by Gasteiger charge is 2.59. The summed E-state index contributed by atoms with van der Waals surface area (Å²) in [4.78, 5) is 13.8. The molecule has 3 N–H and O–H groups in total. The number of aromatic nitrogens is 1. The van der Waals surface area contributed by atoms with Crippen LogP contribution in [0.4, 0.5) is 19.0 Å². The van der Waals surface area contributed by atoms with Crippen LogP contribution in [0, 0.1) is 23.2 Å². The summed E-state index contributed by atoms with van der Waals surface area (Å²) in [6, 6.07) is 2.46. The molecule has 2 heterocycles. The molecule has 3 fully saturated rings. The van der Waals surface area contributed by atoms with E-state index < -0.39 is 12.1 Å². The van der Waals surface area contributed by atoms with Gasteiger partial charge in [0.05, 0.1) is 0 Å². The van der Waals surface area contributed by atoms with Crippen molar-refractivity contribution in [1.29, 1.82) is 5.41 Å². The zero-order chi connectivity index (χ0) is 25.5. The maximum absolute atomic E-state index is 12.7. The van der Waals surface area contributed by atoms with E-state index in [1.165, 1.54) is 6.20 Å². The van der Waals surface area contributed by atoms with Crippen molar-refractivity contribution in [2.45, 2.75) is 70.9 Å². The summed E-state index contributed by atoms with van der Waals surface area (Å²) in [6.07, 6.45) is -0.0300. The maximum Gasteiger partial charge on any atom is 0.573 e. The number of aliphatic imine (C=N–C) groups is 1. The number of hydrogen-bond acceptors (Lipinski definition) is 7. The average molecular weight is 495 g/mol. The zero-order valence-electron chi connectivity index (χ0n) is 21.0. The molecule has 4 atom stereocenters. The third kappa shape index (κ3) is 5.97. The Bertz CT molecular complexity index is 955. The molecule has 0 amide bonds. The second kappa shape index (κ2) is 10.0. The first-order chi connectivity index (χ1) is 16.5. The number of likely N-dealkylation sites (N-methyl/N-ethyl adjacent to an activating group) is 1. The molecule has 1 aliphatic heterocycles. The normalized spacial score (nSPS) is 30.7. The fourth-order valence-electron chi connectivity index (χ4n) is 6.01. The van der Waals surface area contributed by atoms with Gasteiger partial charge >= 0.3 is 6.36 Å². The molecule has 2 aliphatic carbocycles. The number of piperazine rings is 1. The Balaban J connectivity index is 1.44. The Morgan fingerprint density at radius 2 is 2.00 bits per heavy atom. The number of ether oxygens (including phenoxy) is 1. The van der Waals surface area contributed by atoms with Gasteiger partial charge in [0.15, 0.2) is 11.6 Å². The van der Waals surface area contributed by atoms with Gasteiger partial charge in [-0.1, -0.05) is 6.92 Å². The van der Waals surface area contributed by atoms with E-state index in [2.05, 4.69) is 47.3 Å². The Morgan fingerprint density at radius 3 is 2.60 bits per heavy atom. The van der Waals surface area contributed by atoms with Gasteiger partial charge < -0.3 is 20.8 Å². The lowest BCUT2D eigenvalue weighted by atomic mass is 9.96. The van der Waals surface area contributed by atoms with Gasteiger partial charge in [-0.3, -0.25) is 9.89 Å². The summed E-state index contributed by atoms with van der Waals surface area (Å²) < 4.78 is 42.1. The molecular weight excluding hydrogens is 457 g/mol. The molecule has 4 unspecified atom stereocenters. The smallest absolute Gasteiger partial charge is 0.402 e. The van der Waals surface area contributed by atoms with Crippen LogP contribution in [0.3, 0.4) is 0 Å². The third-order valence-corrected chi connectivity index (χ3v) is 7.95. The van der Waals surface area contributed by atoms with Crippen molar-refractivity contribution in [3.63, 3.8) is 0 Å². The molecule has 7 nitrogen and oxygen atoms in total. The number of halogens is 3. The van der Waals surface area contributed by atoms with Crippen LogP contribution in [0.1, 0.15) is 52.0 Å². The lowest BCUT2D eigenvalue weighted by Gasteiger charge is -2.42. The molecule has 10 heteroatoms.